The van der Waals surface area contributed by atoms with Crippen LogP contribution < -0.4 is 10.1 Å². The molecule has 0 fully saturated rings. The fourth-order valence-corrected chi connectivity index (χ4v) is 2.78. The molecule has 0 bridgehead atoms. The Hall–Kier alpha value is -1.53. The van der Waals surface area contributed by atoms with Gasteiger partial charge >= 0.3 is 0 Å². The third-order valence-electron chi connectivity index (χ3n) is 3.07. The second kappa shape index (κ2) is 6.76. The first-order chi connectivity index (χ1) is 9.69. The van der Waals surface area contributed by atoms with E-state index in [-0.39, 0.29) is 17.6 Å². The Morgan fingerprint density at radius 2 is 2.25 bits per heavy atom. The van der Waals surface area contributed by atoms with Gasteiger partial charge in [-0.3, -0.25) is 0 Å². The number of hydrogen-bond acceptors (Lipinski definition) is 5. The third-order valence-corrected chi connectivity index (χ3v) is 3.96. The molecule has 0 radical (unpaired) electrons. The summed E-state index contributed by atoms with van der Waals surface area (Å²) in [5.41, 5.74) is 1.39. The smallest absolute Gasteiger partial charge is 0.170 e. The zero-order valence-electron chi connectivity index (χ0n) is 11.8. The summed E-state index contributed by atoms with van der Waals surface area (Å²) < 4.78 is 23.5. The number of nitrogens with one attached hydrogen (secondary N) is 1. The Morgan fingerprint density at radius 3 is 2.85 bits per heavy atom. The highest BCUT2D eigenvalue weighted by Gasteiger charge is 2.23. The first kappa shape index (κ1) is 14.9. The molecular weight excluding hydrogens is 277 g/mol. The van der Waals surface area contributed by atoms with Crippen LogP contribution >= 0.6 is 11.5 Å². The Labute approximate surface area is 122 Å². The Morgan fingerprint density at radius 1 is 1.45 bits per heavy atom. The molecule has 0 aliphatic heterocycles. The molecule has 2 rings (SSSR count). The van der Waals surface area contributed by atoms with Crippen LogP contribution in [0.5, 0.6) is 5.75 Å². The van der Waals surface area contributed by atoms with Gasteiger partial charge in [0.15, 0.2) is 11.6 Å². The lowest BCUT2D eigenvalue weighted by molar-refractivity contribution is 0.381. The lowest BCUT2D eigenvalue weighted by Gasteiger charge is -2.19. The van der Waals surface area contributed by atoms with Crippen LogP contribution in [0, 0.1) is 12.7 Å². The summed E-state index contributed by atoms with van der Waals surface area (Å²) in [7, 11) is 1.47. The monoisotopic (exact) mass is 295 g/mol. The van der Waals surface area contributed by atoms with Crippen LogP contribution in [0.1, 0.15) is 35.5 Å². The van der Waals surface area contributed by atoms with Crippen LogP contribution in [0.4, 0.5) is 4.39 Å². The van der Waals surface area contributed by atoms with Crippen LogP contribution in [0.3, 0.4) is 0 Å². The highest BCUT2D eigenvalue weighted by molar-refractivity contribution is 7.05. The van der Waals surface area contributed by atoms with Crippen LogP contribution in [-0.4, -0.2) is 23.2 Å². The van der Waals surface area contributed by atoms with Crippen LogP contribution in [0.25, 0.3) is 0 Å². The second-order valence-corrected chi connectivity index (χ2v) is 5.26. The van der Waals surface area contributed by atoms with E-state index < -0.39 is 0 Å². The number of ether oxygens (including phenoxy) is 1. The van der Waals surface area contributed by atoms with Crippen molar-refractivity contribution in [2.75, 3.05) is 13.7 Å². The third kappa shape index (κ3) is 2.96. The fraction of sp³-hybridized carbons (Fsp3) is 0.429. The predicted octanol–water partition coefficient (Wildman–Crippen LogP) is 3.08. The number of hydrogen-bond donors (Lipinski definition) is 1. The number of halogens is 1. The molecule has 0 aliphatic carbocycles. The van der Waals surface area contributed by atoms with Crippen molar-refractivity contribution >= 4 is 11.5 Å². The van der Waals surface area contributed by atoms with Gasteiger partial charge in [0.2, 0.25) is 0 Å². The maximum absolute atomic E-state index is 14.5. The van der Waals surface area contributed by atoms with Gasteiger partial charge in [0, 0.05) is 5.56 Å². The summed E-state index contributed by atoms with van der Waals surface area (Å²) >= 11 is 1.29. The lowest BCUT2D eigenvalue weighted by atomic mass is 10.0. The average molecular weight is 295 g/mol. The minimum absolute atomic E-state index is 0.245. The highest BCUT2D eigenvalue weighted by atomic mass is 32.1. The molecule has 20 heavy (non-hydrogen) atoms. The van der Waals surface area contributed by atoms with Crippen molar-refractivity contribution in [1.82, 2.24) is 14.9 Å². The van der Waals surface area contributed by atoms with Gasteiger partial charge in [-0.25, -0.2) is 4.39 Å². The molecule has 2 aromatic rings. The van der Waals surface area contributed by atoms with Crippen molar-refractivity contribution in [3.05, 3.63) is 40.2 Å². The van der Waals surface area contributed by atoms with Crippen LogP contribution in [-0.2, 0) is 0 Å². The molecule has 108 valence electrons. The molecule has 0 saturated carbocycles. The lowest BCUT2D eigenvalue weighted by Crippen LogP contribution is -2.24. The molecule has 1 N–H and O–H groups in total. The Kier molecular flexibility index (Phi) is 5.03. The molecular formula is C14H18FN3OS. The van der Waals surface area contributed by atoms with Crippen molar-refractivity contribution in [3.8, 4) is 5.75 Å². The van der Waals surface area contributed by atoms with E-state index in [0.717, 1.165) is 23.5 Å². The molecule has 0 amide bonds. The van der Waals surface area contributed by atoms with Crippen LogP contribution in [0.15, 0.2) is 18.2 Å². The molecule has 1 aromatic carbocycles. The van der Waals surface area contributed by atoms with E-state index in [1.54, 1.807) is 18.2 Å². The minimum atomic E-state index is -0.337. The number of aryl methyl sites for hydroxylation is 1. The molecule has 0 spiro atoms. The zero-order valence-corrected chi connectivity index (χ0v) is 12.6. The number of benzene rings is 1. The summed E-state index contributed by atoms with van der Waals surface area (Å²) in [5, 5.41) is 7.37. The first-order valence-electron chi connectivity index (χ1n) is 6.53. The first-order valence-corrected chi connectivity index (χ1v) is 7.31. The van der Waals surface area contributed by atoms with E-state index in [1.165, 1.54) is 18.6 Å². The van der Waals surface area contributed by atoms with Gasteiger partial charge in [0.25, 0.3) is 0 Å². The minimum Gasteiger partial charge on any atom is -0.494 e. The normalized spacial score (nSPS) is 12.4. The molecule has 0 saturated heterocycles. The maximum atomic E-state index is 14.5. The molecule has 1 heterocycles. The summed E-state index contributed by atoms with van der Waals surface area (Å²) in [5.74, 6) is -0.0858. The maximum Gasteiger partial charge on any atom is 0.170 e. The van der Waals surface area contributed by atoms with Gasteiger partial charge in [-0.15, -0.1) is 5.10 Å². The van der Waals surface area contributed by atoms with E-state index in [2.05, 4.69) is 21.8 Å². The predicted molar refractivity (Wildman–Crippen MR) is 77.7 cm³/mol. The fourth-order valence-electron chi connectivity index (χ4n) is 2.04. The van der Waals surface area contributed by atoms with Crippen molar-refractivity contribution < 1.29 is 9.13 Å². The standard InChI is InChI=1S/C14H18FN3OS/c1-4-8-16-13(14-9(2)17-18-20-14)10-6-5-7-11(19-3)12(10)15/h5-7,13,16H,4,8H2,1-3H3. The molecule has 1 aromatic heterocycles. The highest BCUT2D eigenvalue weighted by Crippen LogP contribution is 2.31. The molecule has 0 aliphatic rings. The summed E-state index contributed by atoms with van der Waals surface area (Å²) in [4.78, 5) is 0.936. The van der Waals surface area contributed by atoms with Crippen molar-refractivity contribution in [2.45, 2.75) is 26.3 Å². The number of nitrogens with zero attached hydrogens (tertiary/aromatic N) is 2. The van der Waals surface area contributed by atoms with Gasteiger partial charge in [-0.1, -0.05) is 23.5 Å². The molecule has 1 unspecified atom stereocenters. The van der Waals surface area contributed by atoms with E-state index in [9.17, 15) is 4.39 Å². The molecule has 4 nitrogen and oxygen atoms in total. The number of aromatic nitrogens is 2. The van der Waals surface area contributed by atoms with Crippen molar-refractivity contribution in [2.24, 2.45) is 0 Å². The number of rotatable bonds is 6. The summed E-state index contributed by atoms with van der Waals surface area (Å²) in [6.07, 6.45) is 0.966. The van der Waals surface area contributed by atoms with E-state index in [4.69, 9.17) is 4.74 Å². The van der Waals surface area contributed by atoms with Crippen molar-refractivity contribution in [1.29, 1.82) is 0 Å². The Bertz CT molecular complexity index is 573. The van der Waals surface area contributed by atoms with Gasteiger partial charge < -0.3 is 10.1 Å². The van der Waals surface area contributed by atoms with Crippen LogP contribution in [0.2, 0.25) is 0 Å². The average Bonchev–Trinajstić information content (AvgIpc) is 2.87. The van der Waals surface area contributed by atoms with E-state index in [0.29, 0.717) is 5.56 Å². The van der Waals surface area contributed by atoms with Gasteiger partial charge in [-0.2, -0.15) is 0 Å². The van der Waals surface area contributed by atoms with E-state index in [1.807, 2.05) is 6.92 Å². The van der Waals surface area contributed by atoms with Gasteiger partial charge in [-0.05, 0) is 37.5 Å². The SMILES string of the molecule is CCCNC(c1cccc(OC)c1F)c1snnc1C. The molecule has 1 atom stereocenters. The largest absolute Gasteiger partial charge is 0.494 e. The second-order valence-electron chi connectivity index (χ2n) is 4.47. The number of methoxy groups -OCH3 is 1. The quantitative estimate of drug-likeness (QED) is 0.889. The molecule has 6 heteroatoms. The van der Waals surface area contributed by atoms with Crippen molar-refractivity contribution in [3.63, 3.8) is 0 Å². The van der Waals surface area contributed by atoms with Gasteiger partial charge in [0.05, 0.1) is 23.7 Å². The zero-order chi connectivity index (χ0) is 14.5. The summed E-state index contributed by atoms with van der Waals surface area (Å²) in [6, 6.07) is 4.93. The Balaban J connectivity index is 2.44. The van der Waals surface area contributed by atoms with Gasteiger partial charge in [0.1, 0.15) is 0 Å². The summed E-state index contributed by atoms with van der Waals surface area (Å²) in [6.45, 7) is 4.75. The topological polar surface area (TPSA) is 47.0 Å². The van der Waals surface area contributed by atoms with E-state index >= 15 is 0 Å².